The Bertz CT molecular complexity index is 553. The van der Waals surface area contributed by atoms with Crippen LogP contribution in [0.4, 0.5) is 0 Å². The number of fused-ring (bicyclic) bond motifs is 1. The van der Waals surface area contributed by atoms with Gasteiger partial charge in [-0.3, -0.25) is 0 Å². The Hall–Kier alpha value is -1.34. The molecule has 2 aromatic rings. The molecule has 16 heavy (non-hydrogen) atoms. The molecule has 0 radical (unpaired) electrons. The maximum Gasteiger partial charge on any atom is 0.0295 e. The summed E-state index contributed by atoms with van der Waals surface area (Å²) in [5.41, 5.74) is 3.65. The average molecular weight is 273 g/mol. The molecule has 0 unspecified atom stereocenters. The van der Waals surface area contributed by atoms with E-state index in [2.05, 4.69) is 59.4 Å². The zero-order chi connectivity index (χ0) is 11.5. The third kappa shape index (κ3) is 1.72. The van der Waals surface area contributed by atoms with Gasteiger partial charge < -0.3 is 0 Å². The number of halogens is 1. The van der Waals surface area contributed by atoms with Gasteiger partial charge in [-0.05, 0) is 27.5 Å². The van der Waals surface area contributed by atoms with Crippen LogP contribution >= 0.6 is 15.9 Å². The standard InChI is InChI=1S/C15H13Br/c1-3-11-6-5-7-14-13(11)9-8-12(4-2)15(14)10-16/h3-9H,1-2,10H2. The average Bonchev–Trinajstić information content (AvgIpc) is 2.36. The minimum Gasteiger partial charge on any atom is -0.0985 e. The summed E-state index contributed by atoms with van der Waals surface area (Å²) in [7, 11) is 0. The lowest BCUT2D eigenvalue weighted by atomic mass is 9.97. The Balaban J connectivity index is 2.88. The summed E-state index contributed by atoms with van der Waals surface area (Å²) in [6.45, 7) is 7.70. The van der Waals surface area contributed by atoms with E-state index in [0.29, 0.717) is 0 Å². The van der Waals surface area contributed by atoms with Crippen LogP contribution in [0.5, 0.6) is 0 Å². The van der Waals surface area contributed by atoms with Crippen LogP contribution in [0.15, 0.2) is 43.5 Å². The van der Waals surface area contributed by atoms with Crippen LogP contribution in [-0.4, -0.2) is 0 Å². The van der Waals surface area contributed by atoms with Crippen LogP contribution in [0.1, 0.15) is 16.7 Å². The first-order chi connectivity index (χ1) is 7.81. The molecule has 0 amide bonds. The second kappa shape index (κ2) is 4.67. The molecule has 0 nitrogen and oxygen atoms in total. The Morgan fingerprint density at radius 3 is 2.31 bits per heavy atom. The SMILES string of the molecule is C=Cc1ccc2c(C=C)cccc2c1CBr. The molecule has 0 N–H and O–H groups in total. The molecule has 0 saturated carbocycles. The van der Waals surface area contributed by atoms with Gasteiger partial charge in [-0.25, -0.2) is 0 Å². The fourth-order valence-electron chi connectivity index (χ4n) is 1.98. The van der Waals surface area contributed by atoms with Gasteiger partial charge in [-0.2, -0.15) is 0 Å². The quantitative estimate of drug-likeness (QED) is 0.689. The minimum absolute atomic E-state index is 0.840. The Morgan fingerprint density at radius 2 is 1.69 bits per heavy atom. The van der Waals surface area contributed by atoms with Gasteiger partial charge in [0.2, 0.25) is 0 Å². The maximum absolute atomic E-state index is 3.85. The van der Waals surface area contributed by atoms with Gasteiger partial charge in [0, 0.05) is 5.33 Å². The molecule has 0 saturated heterocycles. The number of hydrogen-bond acceptors (Lipinski definition) is 0. The van der Waals surface area contributed by atoms with Gasteiger partial charge in [0.25, 0.3) is 0 Å². The zero-order valence-corrected chi connectivity index (χ0v) is 10.6. The lowest BCUT2D eigenvalue weighted by Crippen LogP contribution is -1.88. The molecule has 2 aromatic carbocycles. The van der Waals surface area contributed by atoms with Crippen molar-refractivity contribution >= 4 is 38.9 Å². The Labute approximate surface area is 104 Å². The van der Waals surface area contributed by atoms with Crippen molar-refractivity contribution in [1.82, 2.24) is 0 Å². The summed E-state index contributed by atoms with van der Waals surface area (Å²) >= 11 is 3.54. The van der Waals surface area contributed by atoms with Crippen molar-refractivity contribution in [1.29, 1.82) is 0 Å². The van der Waals surface area contributed by atoms with E-state index in [1.807, 2.05) is 12.2 Å². The summed E-state index contributed by atoms with van der Waals surface area (Å²) in [6.07, 6.45) is 3.80. The van der Waals surface area contributed by atoms with Crippen LogP contribution in [-0.2, 0) is 5.33 Å². The number of benzene rings is 2. The molecule has 0 aliphatic carbocycles. The summed E-state index contributed by atoms with van der Waals surface area (Å²) in [6, 6.07) is 10.5. The molecule has 0 aliphatic rings. The summed E-state index contributed by atoms with van der Waals surface area (Å²) in [5.74, 6) is 0. The van der Waals surface area contributed by atoms with Gasteiger partial charge in [-0.15, -0.1) is 0 Å². The third-order valence-electron chi connectivity index (χ3n) is 2.82. The zero-order valence-electron chi connectivity index (χ0n) is 9.04. The van der Waals surface area contributed by atoms with Crippen molar-refractivity contribution in [3.63, 3.8) is 0 Å². The van der Waals surface area contributed by atoms with Crippen LogP contribution in [0, 0.1) is 0 Å². The molecule has 0 fully saturated rings. The highest BCUT2D eigenvalue weighted by atomic mass is 79.9. The van der Waals surface area contributed by atoms with E-state index >= 15 is 0 Å². The number of rotatable bonds is 3. The molecule has 0 bridgehead atoms. The smallest absolute Gasteiger partial charge is 0.0295 e. The highest BCUT2D eigenvalue weighted by Gasteiger charge is 2.05. The maximum atomic E-state index is 3.85. The van der Waals surface area contributed by atoms with Gasteiger partial charge in [-0.1, -0.05) is 71.6 Å². The van der Waals surface area contributed by atoms with E-state index in [1.165, 1.54) is 27.5 Å². The van der Waals surface area contributed by atoms with E-state index < -0.39 is 0 Å². The highest BCUT2D eigenvalue weighted by molar-refractivity contribution is 9.08. The topological polar surface area (TPSA) is 0 Å². The molecule has 0 spiro atoms. The molecule has 0 atom stereocenters. The molecule has 0 heterocycles. The van der Waals surface area contributed by atoms with Gasteiger partial charge in [0.1, 0.15) is 0 Å². The minimum atomic E-state index is 0.840. The highest BCUT2D eigenvalue weighted by Crippen LogP contribution is 2.28. The monoisotopic (exact) mass is 272 g/mol. The first kappa shape index (κ1) is 11.2. The summed E-state index contributed by atoms with van der Waals surface area (Å²) in [5, 5.41) is 3.36. The molecular weight excluding hydrogens is 260 g/mol. The second-order valence-corrected chi connectivity index (χ2v) is 4.18. The molecule has 0 aromatic heterocycles. The van der Waals surface area contributed by atoms with Crippen LogP contribution < -0.4 is 0 Å². The largest absolute Gasteiger partial charge is 0.0985 e. The predicted molar refractivity (Wildman–Crippen MR) is 76.8 cm³/mol. The van der Waals surface area contributed by atoms with E-state index in [1.54, 1.807) is 0 Å². The molecule has 0 aliphatic heterocycles. The van der Waals surface area contributed by atoms with E-state index in [-0.39, 0.29) is 0 Å². The van der Waals surface area contributed by atoms with E-state index in [0.717, 1.165) is 5.33 Å². The molecule has 80 valence electrons. The number of hydrogen-bond donors (Lipinski definition) is 0. The number of alkyl halides is 1. The summed E-state index contributed by atoms with van der Waals surface area (Å²) in [4.78, 5) is 0. The van der Waals surface area contributed by atoms with Gasteiger partial charge in [0.15, 0.2) is 0 Å². The van der Waals surface area contributed by atoms with Gasteiger partial charge >= 0.3 is 0 Å². The third-order valence-corrected chi connectivity index (χ3v) is 3.38. The fraction of sp³-hybridized carbons (Fsp3) is 0.0667. The van der Waals surface area contributed by atoms with Crippen molar-refractivity contribution in [2.45, 2.75) is 5.33 Å². The van der Waals surface area contributed by atoms with Crippen molar-refractivity contribution < 1.29 is 0 Å². The van der Waals surface area contributed by atoms with Gasteiger partial charge in [0.05, 0.1) is 0 Å². The predicted octanol–water partition coefficient (Wildman–Crippen LogP) is 5.02. The first-order valence-electron chi connectivity index (χ1n) is 5.17. The lowest BCUT2D eigenvalue weighted by molar-refractivity contribution is 1.46. The van der Waals surface area contributed by atoms with Crippen LogP contribution in [0.2, 0.25) is 0 Å². The van der Waals surface area contributed by atoms with Crippen molar-refractivity contribution in [2.24, 2.45) is 0 Å². The Morgan fingerprint density at radius 1 is 0.938 bits per heavy atom. The van der Waals surface area contributed by atoms with E-state index in [9.17, 15) is 0 Å². The molecular formula is C15H13Br. The second-order valence-electron chi connectivity index (χ2n) is 3.62. The lowest BCUT2D eigenvalue weighted by Gasteiger charge is -2.09. The van der Waals surface area contributed by atoms with Crippen LogP contribution in [0.3, 0.4) is 0 Å². The van der Waals surface area contributed by atoms with Crippen molar-refractivity contribution in [3.05, 3.63) is 60.2 Å². The van der Waals surface area contributed by atoms with Crippen molar-refractivity contribution in [3.8, 4) is 0 Å². The molecule has 1 heteroatoms. The fourth-order valence-corrected chi connectivity index (χ4v) is 2.61. The Kier molecular flexibility index (Phi) is 3.25. The normalized spacial score (nSPS) is 10.3. The van der Waals surface area contributed by atoms with Crippen LogP contribution in [0.25, 0.3) is 22.9 Å². The van der Waals surface area contributed by atoms with Crippen molar-refractivity contribution in [2.75, 3.05) is 0 Å². The first-order valence-corrected chi connectivity index (χ1v) is 6.29. The summed E-state index contributed by atoms with van der Waals surface area (Å²) < 4.78 is 0. The van der Waals surface area contributed by atoms with E-state index in [4.69, 9.17) is 0 Å². The molecule has 2 rings (SSSR count).